The monoisotopic (exact) mass is 557 g/mol. The molecule has 33 heavy (non-hydrogen) atoms. The number of hydrogen-bond donors (Lipinski definition) is 2. The van der Waals surface area contributed by atoms with Gasteiger partial charge in [0, 0.05) is 36.7 Å². The van der Waals surface area contributed by atoms with Gasteiger partial charge in [-0.05, 0) is 37.1 Å². The van der Waals surface area contributed by atoms with E-state index in [2.05, 4.69) is 21.2 Å². The first-order valence-corrected chi connectivity index (χ1v) is 12.7. The number of hydrogen-bond acceptors (Lipinski definition) is 5. The zero-order chi connectivity index (χ0) is 24.6. The Balaban J connectivity index is 0.000000479. The molecule has 1 amide bonds. The zero-order valence-electron chi connectivity index (χ0n) is 17.9. The van der Waals surface area contributed by atoms with Crippen molar-refractivity contribution in [1.82, 2.24) is 14.5 Å². The molecule has 1 aliphatic heterocycles. The first kappa shape index (κ1) is 27.5. The van der Waals surface area contributed by atoms with E-state index >= 15 is 0 Å². The lowest BCUT2D eigenvalue weighted by Crippen LogP contribution is -2.52. The lowest BCUT2D eigenvalue weighted by atomic mass is 9.95. The fraction of sp³-hybridized carbons (Fsp3) is 0.600. The van der Waals surface area contributed by atoms with Gasteiger partial charge in [-0.1, -0.05) is 35.2 Å². The molecular weight excluding hydrogens is 531 g/mol. The number of carboxylic acid groups (broad SMARTS) is 1. The summed E-state index contributed by atoms with van der Waals surface area (Å²) < 4.78 is 60.6. The number of amides is 1. The van der Waals surface area contributed by atoms with Gasteiger partial charge < -0.3 is 15.3 Å². The lowest BCUT2D eigenvalue weighted by Gasteiger charge is -2.35. The highest BCUT2D eigenvalue weighted by molar-refractivity contribution is 9.10. The number of carbonyl (C=O) groups is 2. The summed E-state index contributed by atoms with van der Waals surface area (Å²) in [6, 6.07) is 6.56. The molecule has 0 spiro atoms. The molecule has 2 fully saturated rings. The summed E-state index contributed by atoms with van der Waals surface area (Å²) in [5.41, 5.74) is 0. The summed E-state index contributed by atoms with van der Waals surface area (Å²) in [6.45, 7) is 2.72. The zero-order valence-corrected chi connectivity index (χ0v) is 20.3. The lowest BCUT2D eigenvalue weighted by molar-refractivity contribution is -0.192. The number of alkyl halides is 3. The maximum atomic E-state index is 13.3. The molecule has 0 radical (unpaired) electrons. The molecule has 8 nitrogen and oxygen atoms in total. The van der Waals surface area contributed by atoms with Crippen LogP contribution in [0.15, 0.2) is 33.6 Å². The van der Waals surface area contributed by atoms with Crippen LogP contribution in [0.1, 0.15) is 32.1 Å². The van der Waals surface area contributed by atoms with E-state index in [1.807, 2.05) is 0 Å². The molecule has 1 aliphatic carbocycles. The minimum atomic E-state index is -5.08. The number of benzene rings is 1. The summed E-state index contributed by atoms with van der Waals surface area (Å²) in [7, 11) is -3.70. The molecule has 13 heteroatoms. The Labute approximate surface area is 199 Å². The Morgan fingerprint density at radius 2 is 1.61 bits per heavy atom. The highest BCUT2D eigenvalue weighted by atomic mass is 79.9. The van der Waals surface area contributed by atoms with Crippen LogP contribution in [0, 0.1) is 0 Å². The van der Waals surface area contributed by atoms with Crippen LogP contribution in [0.5, 0.6) is 0 Å². The van der Waals surface area contributed by atoms with Gasteiger partial charge in [-0.2, -0.15) is 17.5 Å². The number of aliphatic carboxylic acids is 1. The van der Waals surface area contributed by atoms with Gasteiger partial charge in [0.15, 0.2) is 0 Å². The molecular formula is C20H27BrF3N3O5S. The third-order valence-corrected chi connectivity index (χ3v) is 7.85. The smallest absolute Gasteiger partial charge is 0.475 e. The highest BCUT2D eigenvalue weighted by Gasteiger charge is 2.38. The van der Waals surface area contributed by atoms with Gasteiger partial charge in [0.2, 0.25) is 15.9 Å². The molecule has 3 rings (SSSR count). The Hall–Kier alpha value is -1.70. The van der Waals surface area contributed by atoms with Crippen LogP contribution in [0.3, 0.4) is 0 Å². The van der Waals surface area contributed by atoms with Crippen LogP contribution in [0.4, 0.5) is 13.2 Å². The van der Waals surface area contributed by atoms with Gasteiger partial charge in [0.1, 0.15) is 0 Å². The number of piperazine rings is 1. The number of nitrogens with zero attached hydrogens (tertiary/aromatic N) is 2. The van der Waals surface area contributed by atoms with Gasteiger partial charge in [0.05, 0.1) is 11.4 Å². The van der Waals surface area contributed by atoms with E-state index in [1.165, 1.54) is 4.31 Å². The third kappa shape index (κ3) is 8.23. The van der Waals surface area contributed by atoms with Crippen molar-refractivity contribution in [3.63, 3.8) is 0 Å². The van der Waals surface area contributed by atoms with E-state index in [0.29, 0.717) is 13.1 Å². The summed E-state index contributed by atoms with van der Waals surface area (Å²) in [5, 5.41) is 10.3. The number of nitrogens with one attached hydrogen (secondary N) is 1. The van der Waals surface area contributed by atoms with Crippen LogP contribution >= 0.6 is 15.9 Å². The molecule has 0 unspecified atom stereocenters. The predicted molar refractivity (Wildman–Crippen MR) is 118 cm³/mol. The largest absolute Gasteiger partial charge is 0.490 e. The molecule has 0 atom stereocenters. The Morgan fingerprint density at radius 3 is 2.09 bits per heavy atom. The van der Waals surface area contributed by atoms with Gasteiger partial charge in [0.25, 0.3) is 0 Å². The Kier molecular flexibility index (Phi) is 10.1. The van der Waals surface area contributed by atoms with Crippen molar-refractivity contribution < 1.29 is 36.3 Å². The molecule has 0 aromatic heterocycles. The first-order chi connectivity index (χ1) is 15.4. The SMILES string of the molecule is O=C(CN(C1CCCCC1)S(=O)(=O)c1ccc(Br)cc1)N1CCNCC1.O=C(O)C(F)(F)F. The van der Waals surface area contributed by atoms with Crippen molar-refractivity contribution >= 4 is 37.8 Å². The van der Waals surface area contributed by atoms with Crippen LogP contribution in [-0.2, 0) is 19.6 Å². The molecule has 2 N–H and O–H groups in total. The second kappa shape index (κ2) is 12.1. The van der Waals surface area contributed by atoms with Crippen molar-refractivity contribution in [3.05, 3.63) is 28.7 Å². The Morgan fingerprint density at radius 1 is 1.09 bits per heavy atom. The van der Waals surface area contributed by atoms with Crippen molar-refractivity contribution in [2.24, 2.45) is 0 Å². The van der Waals surface area contributed by atoms with Crippen LogP contribution in [0.25, 0.3) is 0 Å². The van der Waals surface area contributed by atoms with E-state index in [0.717, 1.165) is 49.7 Å². The molecule has 1 heterocycles. The molecule has 0 bridgehead atoms. The maximum absolute atomic E-state index is 13.3. The average molecular weight is 558 g/mol. The summed E-state index contributed by atoms with van der Waals surface area (Å²) in [4.78, 5) is 23.7. The third-order valence-electron chi connectivity index (χ3n) is 5.41. The van der Waals surface area contributed by atoms with E-state index in [9.17, 15) is 26.4 Å². The molecule has 1 saturated heterocycles. The summed E-state index contributed by atoms with van der Waals surface area (Å²) in [6.07, 6.45) is -0.276. The molecule has 186 valence electrons. The van der Waals surface area contributed by atoms with E-state index in [4.69, 9.17) is 9.90 Å². The minimum absolute atomic E-state index is 0.0664. The Bertz CT molecular complexity index is 901. The first-order valence-electron chi connectivity index (χ1n) is 10.5. The number of carboxylic acids is 1. The van der Waals surface area contributed by atoms with Crippen LogP contribution < -0.4 is 5.32 Å². The second-order valence-electron chi connectivity index (χ2n) is 7.73. The fourth-order valence-electron chi connectivity index (χ4n) is 3.67. The predicted octanol–water partition coefficient (Wildman–Crippen LogP) is 2.84. The van der Waals surface area contributed by atoms with Crippen LogP contribution in [0.2, 0.25) is 0 Å². The van der Waals surface area contributed by atoms with Crippen molar-refractivity contribution in [2.75, 3.05) is 32.7 Å². The van der Waals surface area contributed by atoms with Gasteiger partial charge in [-0.3, -0.25) is 4.79 Å². The highest BCUT2D eigenvalue weighted by Crippen LogP contribution is 2.28. The topological polar surface area (TPSA) is 107 Å². The minimum Gasteiger partial charge on any atom is -0.475 e. The van der Waals surface area contributed by atoms with Crippen molar-refractivity contribution in [1.29, 1.82) is 0 Å². The fourth-order valence-corrected chi connectivity index (χ4v) is 5.57. The van der Waals surface area contributed by atoms with Crippen molar-refractivity contribution in [3.8, 4) is 0 Å². The quantitative estimate of drug-likeness (QED) is 0.576. The summed E-state index contributed by atoms with van der Waals surface area (Å²) in [5.74, 6) is -2.86. The van der Waals surface area contributed by atoms with E-state index < -0.39 is 22.2 Å². The molecule has 2 aliphatic rings. The van der Waals surface area contributed by atoms with E-state index in [-0.39, 0.29) is 23.4 Å². The molecule has 1 saturated carbocycles. The second-order valence-corrected chi connectivity index (χ2v) is 10.5. The van der Waals surface area contributed by atoms with Gasteiger partial charge in [-0.15, -0.1) is 0 Å². The van der Waals surface area contributed by atoms with E-state index in [1.54, 1.807) is 29.2 Å². The maximum Gasteiger partial charge on any atom is 0.490 e. The average Bonchev–Trinajstić information content (AvgIpc) is 2.78. The normalized spacial score (nSPS) is 17.9. The van der Waals surface area contributed by atoms with Gasteiger partial charge >= 0.3 is 12.1 Å². The number of sulfonamides is 1. The molecule has 1 aromatic rings. The summed E-state index contributed by atoms with van der Waals surface area (Å²) >= 11 is 3.34. The van der Waals surface area contributed by atoms with Gasteiger partial charge in [-0.25, -0.2) is 13.2 Å². The number of rotatable bonds is 5. The van der Waals surface area contributed by atoms with Crippen molar-refractivity contribution in [2.45, 2.75) is 49.2 Å². The standard InChI is InChI=1S/C18H26BrN3O3S.C2HF3O2/c19-15-6-8-17(9-7-15)26(24,25)22(16-4-2-1-3-5-16)14-18(23)21-12-10-20-11-13-21;3-2(4,5)1(6)7/h6-9,16,20H,1-5,10-14H2;(H,6,7). The number of halogens is 4. The number of carbonyl (C=O) groups excluding carboxylic acids is 1. The van der Waals surface area contributed by atoms with Crippen LogP contribution in [-0.4, -0.2) is 79.5 Å². The molecule has 1 aromatic carbocycles.